The van der Waals surface area contributed by atoms with Crippen LogP contribution in [-0.4, -0.2) is 47.6 Å². The zero-order chi connectivity index (χ0) is 23.5. The van der Waals surface area contributed by atoms with Gasteiger partial charge in [-0.2, -0.15) is 0 Å². The van der Waals surface area contributed by atoms with Gasteiger partial charge in [-0.3, -0.25) is 9.59 Å². The van der Waals surface area contributed by atoms with Crippen molar-refractivity contribution in [3.63, 3.8) is 0 Å². The summed E-state index contributed by atoms with van der Waals surface area (Å²) < 4.78 is 7.47. The lowest BCUT2D eigenvalue weighted by atomic mass is 10.0. The van der Waals surface area contributed by atoms with E-state index in [1.807, 2.05) is 73.8 Å². The maximum Gasteiger partial charge on any atom is 0.257 e. The molecule has 5 rings (SSSR count). The number of benzene rings is 3. The average molecular weight is 454 g/mol. The Balaban J connectivity index is 1.43. The topological polar surface area (TPSA) is 63.6 Å². The van der Waals surface area contributed by atoms with Gasteiger partial charge in [-0.15, -0.1) is 0 Å². The zero-order valence-electron chi connectivity index (χ0n) is 19.2. The zero-order valence-corrected chi connectivity index (χ0v) is 19.2. The molecule has 0 aliphatic carbocycles. The molecule has 3 aromatic carbocycles. The van der Waals surface area contributed by atoms with Gasteiger partial charge in [0.2, 0.25) is 0 Å². The molecule has 34 heavy (non-hydrogen) atoms. The maximum atomic E-state index is 13.4. The molecule has 0 saturated carbocycles. The Labute approximate surface area is 198 Å². The molecule has 1 aliphatic heterocycles. The number of carbonyl (C=O) groups excluding carboxylic acids is 2. The molecule has 4 aromatic rings. The predicted molar refractivity (Wildman–Crippen MR) is 133 cm³/mol. The summed E-state index contributed by atoms with van der Waals surface area (Å²) in [6, 6.07) is 23.6. The minimum atomic E-state index is -0.193. The first-order chi connectivity index (χ1) is 16.6. The number of para-hydroxylation sites is 1. The normalized spacial score (nSPS) is 13.7. The second-order valence-corrected chi connectivity index (χ2v) is 8.51. The minimum Gasteiger partial charge on any atom is -0.378 e. The average Bonchev–Trinajstić information content (AvgIpc) is 3.24. The first-order valence-electron chi connectivity index (χ1n) is 11.5. The van der Waals surface area contributed by atoms with Gasteiger partial charge in [0.25, 0.3) is 11.8 Å². The Morgan fingerprint density at radius 1 is 0.882 bits per heavy atom. The van der Waals surface area contributed by atoms with Crippen LogP contribution in [0.25, 0.3) is 10.9 Å². The fourth-order valence-corrected chi connectivity index (χ4v) is 4.47. The Morgan fingerprint density at radius 3 is 2.41 bits per heavy atom. The SMILES string of the molecule is Cc1c(NC(=O)c2cn(Cc3ccccc3)c3ccccc23)cccc1C(=O)N1CCOCC1. The smallest absolute Gasteiger partial charge is 0.257 e. The van der Waals surface area contributed by atoms with Crippen LogP contribution in [0.1, 0.15) is 31.8 Å². The summed E-state index contributed by atoms with van der Waals surface area (Å²) in [5.74, 6) is -0.224. The van der Waals surface area contributed by atoms with Gasteiger partial charge in [0.1, 0.15) is 0 Å². The van der Waals surface area contributed by atoms with E-state index < -0.39 is 0 Å². The number of rotatable bonds is 5. The van der Waals surface area contributed by atoms with Crippen molar-refractivity contribution in [2.24, 2.45) is 0 Å². The number of aromatic nitrogens is 1. The molecule has 6 heteroatoms. The highest BCUT2D eigenvalue weighted by atomic mass is 16.5. The fraction of sp³-hybridized carbons (Fsp3) is 0.214. The van der Waals surface area contributed by atoms with E-state index in [0.29, 0.717) is 49.7 Å². The largest absolute Gasteiger partial charge is 0.378 e. The maximum absolute atomic E-state index is 13.4. The number of anilines is 1. The summed E-state index contributed by atoms with van der Waals surface area (Å²) >= 11 is 0. The van der Waals surface area contributed by atoms with Crippen molar-refractivity contribution < 1.29 is 14.3 Å². The van der Waals surface area contributed by atoms with Gasteiger partial charge in [0, 0.05) is 48.0 Å². The van der Waals surface area contributed by atoms with Gasteiger partial charge < -0.3 is 19.5 Å². The summed E-state index contributed by atoms with van der Waals surface area (Å²) in [7, 11) is 0. The summed E-state index contributed by atoms with van der Waals surface area (Å²) in [5, 5.41) is 3.94. The number of fused-ring (bicyclic) bond motifs is 1. The minimum absolute atomic E-state index is 0.0311. The van der Waals surface area contributed by atoms with Crippen LogP contribution < -0.4 is 5.32 Å². The Morgan fingerprint density at radius 2 is 1.62 bits per heavy atom. The number of nitrogens with zero attached hydrogens (tertiary/aromatic N) is 2. The lowest BCUT2D eigenvalue weighted by Gasteiger charge is -2.27. The van der Waals surface area contributed by atoms with Crippen LogP contribution in [0.2, 0.25) is 0 Å². The van der Waals surface area contributed by atoms with Crippen LogP contribution in [0, 0.1) is 6.92 Å². The van der Waals surface area contributed by atoms with E-state index >= 15 is 0 Å². The number of morpholine rings is 1. The standard InChI is InChI=1S/C28H27N3O3/c1-20-22(28(33)30-14-16-34-17-15-30)11-7-12-25(20)29-27(32)24-19-31(18-21-8-3-2-4-9-21)26-13-6-5-10-23(24)26/h2-13,19H,14-18H2,1H3,(H,29,32). The first kappa shape index (κ1) is 21.9. The Bertz CT molecular complexity index is 1340. The number of hydrogen-bond donors (Lipinski definition) is 1. The predicted octanol–water partition coefficient (Wildman–Crippen LogP) is 4.72. The molecule has 0 atom stereocenters. The molecule has 172 valence electrons. The van der Waals surface area contributed by atoms with Crippen LogP contribution in [-0.2, 0) is 11.3 Å². The van der Waals surface area contributed by atoms with Crippen molar-refractivity contribution in [2.45, 2.75) is 13.5 Å². The highest BCUT2D eigenvalue weighted by molar-refractivity contribution is 6.13. The summed E-state index contributed by atoms with van der Waals surface area (Å²) in [5.41, 5.74) is 4.79. The molecule has 0 bridgehead atoms. The van der Waals surface area contributed by atoms with Crippen LogP contribution in [0.4, 0.5) is 5.69 Å². The van der Waals surface area contributed by atoms with Gasteiger partial charge in [0.15, 0.2) is 0 Å². The number of nitrogens with one attached hydrogen (secondary N) is 1. The molecule has 1 saturated heterocycles. The van der Waals surface area contributed by atoms with E-state index in [0.717, 1.165) is 16.5 Å². The molecule has 1 fully saturated rings. The Kier molecular flexibility index (Phi) is 6.14. The van der Waals surface area contributed by atoms with E-state index in [4.69, 9.17) is 4.74 Å². The van der Waals surface area contributed by atoms with Crippen molar-refractivity contribution in [1.82, 2.24) is 9.47 Å². The molecule has 2 heterocycles. The molecule has 1 aromatic heterocycles. The number of carbonyl (C=O) groups is 2. The summed E-state index contributed by atoms with van der Waals surface area (Å²) in [4.78, 5) is 28.2. The monoisotopic (exact) mass is 453 g/mol. The second kappa shape index (κ2) is 9.53. The molecule has 1 N–H and O–H groups in total. The van der Waals surface area contributed by atoms with Crippen molar-refractivity contribution >= 4 is 28.4 Å². The molecule has 1 aliphatic rings. The van der Waals surface area contributed by atoms with Crippen molar-refractivity contribution in [1.29, 1.82) is 0 Å². The van der Waals surface area contributed by atoms with Crippen molar-refractivity contribution in [2.75, 3.05) is 31.6 Å². The quantitative estimate of drug-likeness (QED) is 0.476. The molecule has 6 nitrogen and oxygen atoms in total. The lowest BCUT2D eigenvalue weighted by molar-refractivity contribution is 0.0302. The van der Waals surface area contributed by atoms with E-state index in [-0.39, 0.29) is 11.8 Å². The van der Waals surface area contributed by atoms with Gasteiger partial charge in [0.05, 0.1) is 18.8 Å². The van der Waals surface area contributed by atoms with Crippen molar-refractivity contribution in [3.05, 3.63) is 101 Å². The summed E-state index contributed by atoms with van der Waals surface area (Å²) in [6.07, 6.45) is 1.91. The lowest BCUT2D eigenvalue weighted by Crippen LogP contribution is -2.41. The molecular formula is C28H27N3O3. The number of ether oxygens (including phenoxy) is 1. The summed E-state index contributed by atoms with van der Waals surface area (Å²) in [6.45, 7) is 4.81. The number of amides is 2. The van der Waals surface area contributed by atoms with Crippen LogP contribution in [0.5, 0.6) is 0 Å². The van der Waals surface area contributed by atoms with Gasteiger partial charge in [-0.25, -0.2) is 0 Å². The van der Waals surface area contributed by atoms with Gasteiger partial charge >= 0.3 is 0 Å². The highest BCUT2D eigenvalue weighted by Gasteiger charge is 2.22. The third kappa shape index (κ3) is 4.32. The Hall–Kier alpha value is -3.90. The van der Waals surface area contributed by atoms with E-state index in [1.54, 1.807) is 4.90 Å². The van der Waals surface area contributed by atoms with Gasteiger partial charge in [-0.1, -0.05) is 54.6 Å². The van der Waals surface area contributed by atoms with Crippen LogP contribution in [0.3, 0.4) is 0 Å². The van der Waals surface area contributed by atoms with Crippen LogP contribution in [0.15, 0.2) is 79.0 Å². The first-order valence-corrected chi connectivity index (χ1v) is 11.5. The van der Waals surface area contributed by atoms with Gasteiger partial charge in [-0.05, 0) is 36.2 Å². The third-order valence-electron chi connectivity index (χ3n) is 6.34. The van der Waals surface area contributed by atoms with E-state index in [1.165, 1.54) is 5.56 Å². The second-order valence-electron chi connectivity index (χ2n) is 8.51. The number of hydrogen-bond acceptors (Lipinski definition) is 3. The molecule has 0 radical (unpaired) electrons. The van der Waals surface area contributed by atoms with E-state index in [9.17, 15) is 9.59 Å². The molecular weight excluding hydrogens is 426 g/mol. The molecule has 0 spiro atoms. The highest BCUT2D eigenvalue weighted by Crippen LogP contribution is 2.26. The fourth-order valence-electron chi connectivity index (χ4n) is 4.47. The molecule has 2 amide bonds. The molecule has 0 unspecified atom stereocenters. The third-order valence-corrected chi connectivity index (χ3v) is 6.34. The van der Waals surface area contributed by atoms with Crippen LogP contribution >= 0.6 is 0 Å². The van der Waals surface area contributed by atoms with E-state index in [2.05, 4.69) is 22.0 Å². The van der Waals surface area contributed by atoms with Crippen molar-refractivity contribution in [3.8, 4) is 0 Å².